The van der Waals surface area contributed by atoms with Gasteiger partial charge in [-0.25, -0.2) is 0 Å². The molecule has 1 unspecified atom stereocenters. The molecule has 1 aromatic heterocycles. The summed E-state index contributed by atoms with van der Waals surface area (Å²) in [5, 5.41) is 3.68. The second-order valence-corrected chi connectivity index (χ2v) is 5.83. The molecular formula is C19H26N2. The highest BCUT2D eigenvalue weighted by Crippen LogP contribution is 2.13. The maximum Gasteiger partial charge on any atom is 0.0270 e. The fourth-order valence-electron chi connectivity index (χ4n) is 2.58. The molecule has 0 radical (unpaired) electrons. The Morgan fingerprint density at radius 2 is 1.67 bits per heavy atom. The maximum absolute atomic E-state index is 4.10. The molecule has 112 valence electrons. The van der Waals surface area contributed by atoms with Gasteiger partial charge in [0, 0.05) is 18.4 Å². The molecule has 0 spiro atoms. The van der Waals surface area contributed by atoms with Gasteiger partial charge in [-0.15, -0.1) is 0 Å². The summed E-state index contributed by atoms with van der Waals surface area (Å²) < 4.78 is 0. The second kappa shape index (κ2) is 7.94. The highest BCUT2D eigenvalue weighted by molar-refractivity contribution is 5.30. The monoisotopic (exact) mass is 282 g/mol. The Morgan fingerprint density at radius 1 is 0.952 bits per heavy atom. The van der Waals surface area contributed by atoms with Gasteiger partial charge in [-0.05, 0) is 74.0 Å². The number of nitrogens with zero attached hydrogens (tertiary/aromatic N) is 1. The minimum atomic E-state index is 0.481. The van der Waals surface area contributed by atoms with Crippen molar-refractivity contribution in [1.82, 2.24) is 10.3 Å². The number of aryl methyl sites for hydroxylation is 2. The molecule has 0 bridgehead atoms. The van der Waals surface area contributed by atoms with Crippen molar-refractivity contribution in [2.75, 3.05) is 6.54 Å². The molecule has 0 saturated heterocycles. The van der Waals surface area contributed by atoms with Crippen LogP contribution in [0.25, 0.3) is 0 Å². The van der Waals surface area contributed by atoms with Crippen molar-refractivity contribution < 1.29 is 0 Å². The summed E-state index contributed by atoms with van der Waals surface area (Å²) in [7, 11) is 0. The highest BCUT2D eigenvalue weighted by atomic mass is 14.9. The van der Waals surface area contributed by atoms with E-state index in [1.807, 2.05) is 12.4 Å². The molecule has 1 N–H and O–H groups in total. The summed E-state index contributed by atoms with van der Waals surface area (Å²) >= 11 is 0. The minimum Gasteiger partial charge on any atom is -0.313 e. The Kier molecular flexibility index (Phi) is 5.94. The fourth-order valence-corrected chi connectivity index (χ4v) is 2.58. The number of benzene rings is 1. The first kappa shape index (κ1) is 15.7. The SMILES string of the molecule is CCCNC(Cc1ccncc1)Cc1ccc(C)c(C)c1. The largest absolute Gasteiger partial charge is 0.313 e. The normalized spacial score (nSPS) is 12.3. The number of hydrogen-bond donors (Lipinski definition) is 1. The maximum atomic E-state index is 4.10. The number of rotatable bonds is 7. The molecule has 2 heteroatoms. The van der Waals surface area contributed by atoms with Crippen molar-refractivity contribution in [3.63, 3.8) is 0 Å². The van der Waals surface area contributed by atoms with Crippen molar-refractivity contribution in [3.05, 3.63) is 65.0 Å². The lowest BCUT2D eigenvalue weighted by molar-refractivity contribution is 0.504. The van der Waals surface area contributed by atoms with Crippen LogP contribution in [0.4, 0.5) is 0 Å². The Balaban J connectivity index is 2.06. The molecule has 2 aromatic rings. The summed E-state index contributed by atoms with van der Waals surface area (Å²) in [6, 6.07) is 11.5. The van der Waals surface area contributed by atoms with Crippen LogP contribution in [0.1, 0.15) is 35.6 Å². The lowest BCUT2D eigenvalue weighted by Gasteiger charge is -2.19. The molecule has 0 aliphatic rings. The molecule has 1 aromatic carbocycles. The number of aromatic nitrogens is 1. The van der Waals surface area contributed by atoms with Crippen LogP contribution in [0.15, 0.2) is 42.7 Å². The van der Waals surface area contributed by atoms with Gasteiger partial charge in [0.05, 0.1) is 0 Å². The van der Waals surface area contributed by atoms with E-state index in [0.717, 1.165) is 19.4 Å². The van der Waals surface area contributed by atoms with Gasteiger partial charge in [-0.2, -0.15) is 0 Å². The van der Waals surface area contributed by atoms with Crippen LogP contribution in [-0.4, -0.2) is 17.6 Å². The molecule has 0 saturated carbocycles. The number of pyridine rings is 1. The van der Waals surface area contributed by atoms with Crippen LogP contribution < -0.4 is 5.32 Å². The van der Waals surface area contributed by atoms with Crippen molar-refractivity contribution >= 4 is 0 Å². The third-order valence-electron chi connectivity index (χ3n) is 3.97. The van der Waals surface area contributed by atoms with Crippen LogP contribution in [0.5, 0.6) is 0 Å². The zero-order valence-corrected chi connectivity index (χ0v) is 13.4. The van der Waals surface area contributed by atoms with Crippen LogP contribution in [0.2, 0.25) is 0 Å². The van der Waals surface area contributed by atoms with Gasteiger partial charge in [0.2, 0.25) is 0 Å². The van der Waals surface area contributed by atoms with E-state index in [4.69, 9.17) is 0 Å². The summed E-state index contributed by atoms with van der Waals surface area (Å²) in [6.45, 7) is 7.65. The van der Waals surface area contributed by atoms with E-state index in [1.165, 1.54) is 28.7 Å². The summed E-state index contributed by atoms with van der Waals surface area (Å²) in [5.41, 5.74) is 5.51. The highest BCUT2D eigenvalue weighted by Gasteiger charge is 2.10. The van der Waals surface area contributed by atoms with E-state index < -0.39 is 0 Å². The van der Waals surface area contributed by atoms with Gasteiger partial charge < -0.3 is 5.32 Å². The molecule has 2 rings (SSSR count). The smallest absolute Gasteiger partial charge is 0.0270 e. The Morgan fingerprint density at radius 3 is 2.33 bits per heavy atom. The third kappa shape index (κ3) is 4.98. The van der Waals surface area contributed by atoms with Gasteiger partial charge in [0.25, 0.3) is 0 Å². The van der Waals surface area contributed by atoms with Crippen molar-refractivity contribution in [3.8, 4) is 0 Å². The summed E-state index contributed by atoms with van der Waals surface area (Å²) in [6.07, 6.45) is 7.04. The molecule has 21 heavy (non-hydrogen) atoms. The first-order valence-electron chi connectivity index (χ1n) is 7.87. The van der Waals surface area contributed by atoms with E-state index >= 15 is 0 Å². The van der Waals surface area contributed by atoms with Crippen molar-refractivity contribution in [2.45, 2.75) is 46.1 Å². The van der Waals surface area contributed by atoms with Gasteiger partial charge >= 0.3 is 0 Å². The Bertz CT molecular complexity index is 549. The quantitative estimate of drug-likeness (QED) is 0.834. The zero-order chi connectivity index (χ0) is 15.1. The van der Waals surface area contributed by atoms with Crippen LogP contribution in [-0.2, 0) is 12.8 Å². The van der Waals surface area contributed by atoms with Crippen LogP contribution in [0, 0.1) is 13.8 Å². The van der Waals surface area contributed by atoms with Gasteiger partial charge in [0.15, 0.2) is 0 Å². The van der Waals surface area contributed by atoms with Gasteiger partial charge in [-0.3, -0.25) is 4.98 Å². The van der Waals surface area contributed by atoms with Gasteiger partial charge in [-0.1, -0.05) is 25.1 Å². The fraction of sp³-hybridized carbons (Fsp3) is 0.421. The second-order valence-electron chi connectivity index (χ2n) is 5.83. The first-order valence-corrected chi connectivity index (χ1v) is 7.87. The van der Waals surface area contributed by atoms with E-state index in [0.29, 0.717) is 6.04 Å². The number of nitrogens with one attached hydrogen (secondary N) is 1. The Hall–Kier alpha value is -1.67. The first-order chi connectivity index (χ1) is 10.2. The standard InChI is InChI=1S/C19H26N2/c1-4-9-21-19(13-17-7-10-20-11-8-17)14-18-6-5-15(2)16(3)12-18/h5-8,10-12,19,21H,4,9,13-14H2,1-3H3. The lowest BCUT2D eigenvalue weighted by Crippen LogP contribution is -2.33. The van der Waals surface area contributed by atoms with E-state index in [9.17, 15) is 0 Å². The van der Waals surface area contributed by atoms with Crippen LogP contribution >= 0.6 is 0 Å². The summed E-state index contributed by atoms with van der Waals surface area (Å²) in [5.74, 6) is 0. The third-order valence-corrected chi connectivity index (χ3v) is 3.97. The molecule has 0 fully saturated rings. The molecule has 1 atom stereocenters. The van der Waals surface area contributed by atoms with Crippen molar-refractivity contribution in [2.24, 2.45) is 0 Å². The minimum absolute atomic E-state index is 0.481. The van der Waals surface area contributed by atoms with E-state index in [1.54, 1.807) is 0 Å². The van der Waals surface area contributed by atoms with Crippen LogP contribution in [0.3, 0.4) is 0 Å². The summed E-state index contributed by atoms with van der Waals surface area (Å²) in [4.78, 5) is 4.10. The average Bonchev–Trinajstić information content (AvgIpc) is 2.49. The molecule has 1 heterocycles. The van der Waals surface area contributed by atoms with E-state index in [2.05, 4.69) is 61.4 Å². The molecule has 0 amide bonds. The van der Waals surface area contributed by atoms with E-state index in [-0.39, 0.29) is 0 Å². The molecule has 0 aliphatic heterocycles. The van der Waals surface area contributed by atoms with Crippen molar-refractivity contribution in [1.29, 1.82) is 0 Å². The molecule has 0 aliphatic carbocycles. The zero-order valence-electron chi connectivity index (χ0n) is 13.4. The number of hydrogen-bond acceptors (Lipinski definition) is 2. The topological polar surface area (TPSA) is 24.9 Å². The predicted molar refractivity (Wildman–Crippen MR) is 89.6 cm³/mol. The Labute approximate surface area is 128 Å². The van der Waals surface area contributed by atoms with Gasteiger partial charge in [0.1, 0.15) is 0 Å². The lowest BCUT2D eigenvalue weighted by atomic mass is 9.97. The average molecular weight is 282 g/mol. The molecular weight excluding hydrogens is 256 g/mol. The molecule has 2 nitrogen and oxygen atoms in total. The predicted octanol–water partition coefficient (Wildman–Crippen LogP) is 3.85.